The van der Waals surface area contributed by atoms with Crippen LogP contribution in [-0.4, -0.2) is 60.7 Å². The van der Waals surface area contributed by atoms with Crippen LogP contribution in [0, 0.1) is 24.4 Å². The van der Waals surface area contributed by atoms with Gasteiger partial charge < -0.3 is 29.2 Å². The molecule has 0 aliphatic carbocycles. The van der Waals surface area contributed by atoms with E-state index in [0.717, 1.165) is 12.1 Å². The minimum atomic E-state index is -1.64. The molecule has 198 valence electrons. The zero-order chi connectivity index (χ0) is 27.2. The molecule has 3 aromatic carbocycles. The van der Waals surface area contributed by atoms with Crippen molar-refractivity contribution in [3.8, 4) is 0 Å². The van der Waals surface area contributed by atoms with Gasteiger partial charge in [0.2, 0.25) is 0 Å². The molecule has 2 amide bonds. The first kappa shape index (κ1) is 23.0. The highest BCUT2D eigenvalue weighted by Crippen LogP contribution is 2.49. The second-order valence-electron chi connectivity index (χ2n) is 10.4. The maximum Gasteiger partial charge on any atom is 0.259 e. The van der Waals surface area contributed by atoms with Gasteiger partial charge in [-0.2, -0.15) is 0 Å². The van der Waals surface area contributed by atoms with Crippen molar-refractivity contribution in [1.29, 1.82) is 0 Å². The minimum absolute atomic E-state index is 0.0647. The summed E-state index contributed by atoms with van der Waals surface area (Å²) in [7, 11) is 0. The van der Waals surface area contributed by atoms with Gasteiger partial charge in [-0.25, -0.2) is 13.2 Å². The Morgan fingerprint density at radius 1 is 0.821 bits per heavy atom. The van der Waals surface area contributed by atoms with Crippen LogP contribution >= 0.6 is 0 Å². The summed E-state index contributed by atoms with van der Waals surface area (Å²) in [6, 6.07) is 4.60. The number of fused-ring (bicyclic) bond motifs is 12. The first-order chi connectivity index (χ1) is 18.6. The topological polar surface area (TPSA) is 126 Å². The number of halogens is 3. The molecule has 39 heavy (non-hydrogen) atoms. The SMILES string of the molecule is Cc1cc2c(cc1F)c1c3c(c4c5cc(F)c(F)cc5n5c4c1n2C1OC(C5)C(O)C(O)C1O)C(=O)NC3=O. The Hall–Kier alpha value is -3.97. The van der Waals surface area contributed by atoms with Gasteiger partial charge in [-0.15, -0.1) is 0 Å². The Labute approximate surface area is 215 Å². The average Bonchev–Trinajstić information content (AvgIpc) is 3.46. The molecule has 9 nitrogen and oxygen atoms in total. The highest BCUT2D eigenvalue weighted by atomic mass is 19.2. The van der Waals surface area contributed by atoms with E-state index in [0.29, 0.717) is 5.52 Å². The number of imide groups is 1. The fourth-order valence-electron chi connectivity index (χ4n) is 6.62. The highest BCUT2D eigenvalue weighted by molar-refractivity contribution is 6.39. The van der Waals surface area contributed by atoms with Crippen LogP contribution in [0.4, 0.5) is 13.2 Å². The number of benzene rings is 3. The van der Waals surface area contributed by atoms with E-state index >= 15 is 0 Å². The standard InChI is InChI=1S/C27H18F3N3O6/c1-7-2-14-9(3-10(7)28)17-19-18(25(37)31-26(19)38)16-8-4-11(29)12(30)5-13(8)32-6-15-22(34)23(35)24(36)27(39-15)33(14)21(17)20(16)32/h2-5,15,22-24,27,34-36H,6H2,1H3,(H,31,37,38). The second-order valence-corrected chi connectivity index (χ2v) is 10.4. The van der Waals surface area contributed by atoms with E-state index in [2.05, 4.69) is 5.32 Å². The van der Waals surface area contributed by atoms with Gasteiger partial charge in [-0.1, -0.05) is 0 Å². The lowest BCUT2D eigenvalue weighted by Gasteiger charge is -2.43. The van der Waals surface area contributed by atoms with Gasteiger partial charge in [0.15, 0.2) is 17.9 Å². The van der Waals surface area contributed by atoms with Crippen molar-refractivity contribution in [1.82, 2.24) is 14.5 Å². The van der Waals surface area contributed by atoms with Gasteiger partial charge in [0.05, 0.1) is 39.7 Å². The number of hydrogen-bond acceptors (Lipinski definition) is 6. The molecular formula is C27H18F3N3O6. The van der Waals surface area contributed by atoms with E-state index in [9.17, 15) is 38.1 Å². The summed E-state index contributed by atoms with van der Waals surface area (Å²) in [4.78, 5) is 26.4. The van der Waals surface area contributed by atoms with Crippen LogP contribution in [-0.2, 0) is 11.3 Å². The van der Waals surface area contributed by atoms with Gasteiger partial charge in [0.1, 0.15) is 30.2 Å². The summed E-state index contributed by atoms with van der Waals surface area (Å²) >= 11 is 0. The Morgan fingerprint density at radius 3 is 2.15 bits per heavy atom. The molecule has 0 saturated carbocycles. The van der Waals surface area contributed by atoms with Crippen molar-refractivity contribution in [2.24, 2.45) is 0 Å². The first-order valence-corrected chi connectivity index (χ1v) is 12.2. The van der Waals surface area contributed by atoms with E-state index in [4.69, 9.17) is 4.74 Å². The van der Waals surface area contributed by atoms with E-state index < -0.39 is 59.9 Å². The predicted molar refractivity (Wildman–Crippen MR) is 131 cm³/mol. The highest BCUT2D eigenvalue weighted by Gasteiger charge is 2.48. The molecule has 0 radical (unpaired) electrons. The number of hydrogen-bond donors (Lipinski definition) is 4. The summed E-state index contributed by atoms with van der Waals surface area (Å²) in [6.07, 6.45) is -7.24. The largest absolute Gasteiger partial charge is 0.388 e. The summed E-state index contributed by atoms with van der Waals surface area (Å²) < 4.78 is 53.4. The second kappa shape index (κ2) is 7.16. The third-order valence-electron chi connectivity index (χ3n) is 8.35. The van der Waals surface area contributed by atoms with E-state index in [1.54, 1.807) is 4.57 Å². The molecule has 3 aliphatic heterocycles. The van der Waals surface area contributed by atoms with Crippen molar-refractivity contribution in [2.45, 2.75) is 44.1 Å². The number of carbonyl (C=O) groups excluding carboxylic acids is 2. The van der Waals surface area contributed by atoms with Gasteiger partial charge in [-0.05, 0) is 30.7 Å². The Kier molecular flexibility index (Phi) is 4.21. The monoisotopic (exact) mass is 537 g/mol. The molecule has 5 heterocycles. The van der Waals surface area contributed by atoms with Crippen molar-refractivity contribution >= 4 is 55.4 Å². The number of aliphatic hydroxyl groups is 3. The number of aromatic nitrogens is 2. The van der Waals surface area contributed by atoms with Gasteiger partial charge >= 0.3 is 0 Å². The number of rotatable bonds is 0. The molecular weight excluding hydrogens is 519 g/mol. The zero-order valence-corrected chi connectivity index (χ0v) is 20.0. The van der Waals surface area contributed by atoms with Crippen LogP contribution in [0.1, 0.15) is 32.5 Å². The minimum Gasteiger partial charge on any atom is -0.388 e. The number of aryl methyl sites for hydroxylation is 1. The number of ether oxygens (including phenoxy) is 1. The van der Waals surface area contributed by atoms with Crippen molar-refractivity contribution in [3.05, 3.63) is 58.4 Å². The fraction of sp³-hybridized carbons (Fsp3) is 0.259. The lowest BCUT2D eigenvalue weighted by atomic mass is 9.95. The molecule has 8 rings (SSSR count). The lowest BCUT2D eigenvalue weighted by molar-refractivity contribution is -0.245. The fourth-order valence-corrected chi connectivity index (χ4v) is 6.62. The third-order valence-corrected chi connectivity index (χ3v) is 8.35. The quantitative estimate of drug-likeness (QED) is 0.225. The summed E-state index contributed by atoms with van der Waals surface area (Å²) in [5, 5.41) is 35.6. The molecule has 5 aromatic rings. The van der Waals surface area contributed by atoms with E-state index in [-0.39, 0.29) is 61.3 Å². The Bertz CT molecular complexity index is 2010. The Balaban J connectivity index is 1.73. The molecule has 2 bridgehead atoms. The number of amides is 2. The van der Waals surface area contributed by atoms with Crippen LogP contribution in [0.25, 0.3) is 43.6 Å². The smallest absolute Gasteiger partial charge is 0.259 e. The van der Waals surface area contributed by atoms with Gasteiger partial charge in [0.25, 0.3) is 11.8 Å². The number of carbonyl (C=O) groups is 2. The third kappa shape index (κ3) is 2.59. The van der Waals surface area contributed by atoms with Crippen molar-refractivity contribution in [2.75, 3.05) is 0 Å². The number of aliphatic hydroxyl groups excluding tert-OH is 3. The zero-order valence-electron chi connectivity index (χ0n) is 20.0. The number of nitrogens with zero attached hydrogens (tertiary/aromatic N) is 2. The molecule has 5 atom stereocenters. The molecule has 12 heteroatoms. The molecule has 1 fully saturated rings. The van der Waals surface area contributed by atoms with Crippen molar-refractivity contribution < 1.29 is 42.8 Å². The lowest BCUT2D eigenvalue weighted by Crippen LogP contribution is -2.56. The molecule has 4 N–H and O–H groups in total. The van der Waals surface area contributed by atoms with Crippen molar-refractivity contribution in [3.63, 3.8) is 0 Å². The average molecular weight is 537 g/mol. The van der Waals surface area contributed by atoms with E-state index in [1.165, 1.54) is 23.6 Å². The van der Waals surface area contributed by atoms with Crippen LogP contribution in [0.15, 0.2) is 24.3 Å². The van der Waals surface area contributed by atoms with Crippen LogP contribution in [0.2, 0.25) is 0 Å². The van der Waals surface area contributed by atoms with Gasteiger partial charge in [0, 0.05) is 27.6 Å². The molecule has 2 aromatic heterocycles. The maximum absolute atomic E-state index is 15.0. The van der Waals surface area contributed by atoms with Crippen LogP contribution in [0.5, 0.6) is 0 Å². The molecule has 1 saturated heterocycles. The summed E-state index contributed by atoms with van der Waals surface area (Å²) in [5.41, 5.74) is 1.12. The van der Waals surface area contributed by atoms with Crippen LogP contribution in [0.3, 0.4) is 0 Å². The van der Waals surface area contributed by atoms with E-state index in [1.807, 2.05) is 0 Å². The summed E-state index contributed by atoms with van der Waals surface area (Å²) in [5.74, 6) is -4.41. The number of nitrogens with one attached hydrogen (secondary N) is 1. The molecule has 5 unspecified atom stereocenters. The normalized spacial score (nSPS) is 26.2. The predicted octanol–water partition coefficient (Wildman–Crippen LogP) is 2.51. The first-order valence-electron chi connectivity index (χ1n) is 12.2. The molecule has 0 spiro atoms. The van der Waals surface area contributed by atoms with Crippen LogP contribution < -0.4 is 5.32 Å². The van der Waals surface area contributed by atoms with Gasteiger partial charge in [-0.3, -0.25) is 14.9 Å². The Morgan fingerprint density at radius 2 is 1.44 bits per heavy atom. The summed E-state index contributed by atoms with van der Waals surface area (Å²) in [6.45, 7) is 1.35. The molecule has 3 aliphatic rings. The maximum atomic E-state index is 15.0.